The molecule has 0 spiro atoms. The summed E-state index contributed by atoms with van der Waals surface area (Å²) in [6.45, 7) is 7.09. The van der Waals surface area contributed by atoms with Crippen LogP contribution in [0.2, 0.25) is 0 Å². The first-order valence-corrected chi connectivity index (χ1v) is 4.44. The third-order valence-corrected chi connectivity index (χ3v) is 1.60. The van der Waals surface area contributed by atoms with Gasteiger partial charge in [-0.1, -0.05) is 12.1 Å². The summed E-state index contributed by atoms with van der Waals surface area (Å²) in [5.74, 6) is 0.900. The van der Waals surface area contributed by atoms with Gasteiger partial charge in [0, 0.05) is 18.3 Å². The first kappa shape index (κ1) is 9.65. The summed E-state index contributed by atoms with van der Waals surface area (Å²) in [6.07, 6.45) is 1.83. The minimum absolute atomic E-state index is 0.699. The molecule has 0 aliphatic carbocycles. The molecule has 0 amide bonds. The predicted octanol–water partition coefficient (Wildman–Crippen LogP) is 2.68. The molecule has 0 aliphatic heterocycles. The van der Waals surface area contributed by atoms with Gasteiger partial charge in [0.25, 0.3) is 0 Å². The predicted molar refractivity (Wildman–Crippen MR) is 56.3 cm³/mol. The van der Waals surface area contributed by atoms with E-state index in [-0.39, 0.29) is 0 Å². The molecule has 0 atom stereocenters. The van der Waals surface area contributed by atoms with Crippen LogP contribution in [0.4, 0.5) is 5.69 Å². The third kappa shape index (κ3) is 3.20. The Morgan fingerprint density at radius 1 is 1.54 bits per heavy atom. The smallest absolute Gasteiger partial charge is 0.121 e. The third-order valence-electron chi connectivity index (χ3n) is 1.60. The van der Waals surface area contributed by atoms with Crippen molar-refractivity contribution in [1.29, 1.82) is 0 Å². The standard InChI is InChI=1S/C11H15NO/c1-3-8-12-10-6-5-7-11(9-10)13-4-2/h3,5-7,9,12H,1,4,8H2,2H3. The maximum absolute atomic E-state index is 5.36. The number of ether oxygens (including phenoxy) is 1. The van der Waals surface area contributed by atoms with Crippen LogP contribution in [0.1, 0.15) is 6.92 Å². The van der Waals surface area contributed by atoms with Crippen molar-refractivity contribution in [2.75, 3.05) is 18.5 Å². The van der Waals surface area contributed by atoms with Gasteiger partial charge in [-0.05, 0) is 19.1 Å². The minimum Gasteiger partial charge on any atom is -0.494 e. The van der Waals surface area contributed by atoms with Crippen LogP contribution in [0.25, 0.3) is 0 Å². The average Bonchev–Trinajstić information content (AvgIpc) is 2.16. The molecule has 0 saturated carbocycles. The van der Waals surface area contributed by atoms with Gasteiger partial charge in [0.15, 0.2) is 0 Å². The lowest BCUT2D eigenvalue weighted by Gasteiger charge is -2.06. The number of hydrogen-bond acceptors (Lipinski definition) is 2. The van der Waals surface area contributed by atoms with E-state index in [1.165, 1.54) is 0 Å². The summed E-state index contributed by atoms with van der Waals surface area (Å²) >= 11 is 0. The van der Waals surface area contributed by atoms with Crippen molar-refractivity contribution >= 4 is 5.69 Å². The Labute approximate surface area is 79.2 Å². The molecule has 1 rings (SSSR count). The maximum Gasteiger partial charge on any atom is 0.121 e. The van der Waals surface area contributed by atoms with E-state index in [1.54, 1.807) is 0 Å². The highest BCUT2D eigenvalue weighted by atomic mass is 16.5. The second-order valence-corrected chi connectivity index (χ2v) is 2.63. The molecule has 1 N–H and O–H groups in total. The number of rotatable bonds is 5. The highest BCUT2D eigenvalue weighted by Gasteiger charge is 1.93. The van der Waals surface area contributed by atoms with Crippen LogP contribution in [-0.4, -0.2) is 13.2 Å². The van der Waals surface area contributed by atoms with Gasteiger partial charge in [-0.2, -0.15) is 0 Å². The van der Waals surface area contributed by atoms with E-state index in [0.717, 1.165) is 18.0 Å². The van der Waals surface area contributed by atoms with Crippen molar-refractivity contribution in [3.63, 3.8) is 0 Å². The molecular weight excluding hydrogens is 162 g/mol. The fourth-order valence-corrected chi connectivity index (χ4v) is 1.05. The molecule has 2 heteroatoms. The van der Waals surface area contributed by atoms with E-state index in [1.807, 2.05) is 37.3 Å². The van der Waals surface area contributed by atoms with Gasteiger partial charge in [0.2, 0.25) is 0 Å². The van der Waals surface area contributed by atoms with Crippen LogP contribution >= 0.6 is 0 Å². The van der Waals surface area contributed by atoms with Crippen LogP contribution in [0, 0.1) is 0 Å². The van der Waals surface area contributed by atoms with Crippen molar-refractivity contribution in [2.24, 2.45) is 0 Å². The normalized spacial score (nSPS) is 9.31. The number of anilines is 1. The summed E-state index contributed by atoms with van der Waals surface area (Å²) in [4.78, 5) is 0. The second kappa shape index (κ2) is 5.25. The van der Waals surface area contributed by atoms with Crippen molar-refractivity contribution in [3.8, 4) is 5.75 Å². The topological polar surface area (TPSA) is 21.3 Å². The molecule has 0 bridgehead atoms. The molecule has 2 nitrogen and oxygen atoms in total. The Bertz CT molecular complexity index is 271. The summed E-state index contributed by atoms with van der Waals surface area (Å²) in [6, 6.07) is 7.90. The molecule has 0 aliphatic rings. The summed E-state index contributed by atoms with van der Waals surface area (Å²) in [5.41, 5.74) is 1.06. The lowest BCUT2D eigenvalue weighted by atomic mass is 10.3. The molecule has 0 fully saturated rings. The maximum atomic E-state index is 5.36. The van der Waals surface area contributed by atoms with E-state index < -0.39 is 0 Å². The first-order valence-electron chi connectivity index (χ1n) is 4.44. The zero-order chi connectivity index (χ0) is 9.52. The fraction of sp³-hybridized carbons (Fsp3) is 0.273. The van der Waals surface area contributed by atoms with Gasteiger partial charge in [-0.3, -0.25) is 0 Å². The Hall–Kier alpha value is -1.44. The molecule has 1 aromatic carbocycles. The second-order valence-electron chi connectivity index (χ2n) is 2.63. The van der Waals surface area contributed by atoms with Crippen LogP contribution in [-0.2, 0) is 0 Å². The van der Waals surface area contributed by atoms with Crippen LogP contribution < -0.4 is 10.1 Å². The zero-order valence-corrected chi connectivity index (χ0v) is 7.92. The van der Waals surface area contributed by atoms with Gasteiger partial charge >= 0.3 is 0 Å². The van der Waals surface area contributed by atoms with Gasteiger partial charge in [-0.25, -0.2) is 0 Å². The quantitative estimate of drug-likeness (QED) is 0.698. The van der Waals surface area contributed by atoms with Gasteiger partial charge in [0.05, 0.1) is 6.61 Å². The zero-order valence-electron chi connectivity index (χ0n) is 7.92. The summed E-state index contributed by atoms with van der Waals surface area (Å²) in [5, 5.41) is 3.20. The molecule has 0 heterocycles. The van der Waals surface area contributed by atoms with E-state index in [2.05, 4.69) is 11.9 Å². The van der Waals surface area contributed by atoms with Gasteiger partial charge in [0.1, 0.15) is 5.75 Å². The lowest BCUT2D eigenvalue weighted by Crippen LogP contribution is -1.98. The van der Waals surface area contributed by atoms with Crippen molar-refractivity contribution in [3.05, 3.63) is 36.9 Å². The van der Waals surface area contributed by atoms with Gasteiger partial charge in [-0.15, -0.1) is 6.58 Å². The highest BCUT2D eigenvalue weighted by molar-refractivity contribution is 5.48. The van der Waals surface area contributed by atoms with E-state index in [9.17, 15) is 0 Å². The van der Waals surface area contributed by atoms with Crippen LogP contribution in [0.3, 0.4) is 0 Å². The Morgan fingerprint density at radius 3 is 3.08 bits per heavy atom. The van der Waals surface area contributed by atoms with Crippen LogP contribution in [0.5, 0.6) is 5.75 Å². The lowest BCUT2D eigenvalue weighted by molar-refractivity contribution is 0.340. The largest absolute Gasteiger partial charge is 0.494 e. The molecule has 70 valence electrons. The fourth-order valence-electron chi connectivity index (χ4n) is 1.05. The van der Waals surface area contributed by atoms with Crippen molar-refractivity contribution in [2.45, 2.75) is 6.92 Å². The molecule has 1 aromatic rings. The Kier molecular flexibility index (Phi) is 3.89. The van der Waals surface area contributed by atoms with Crippen molar-refractivity contribution < 1.29 is 4.74 Å². The van der Waals surface area contributed by atoms with E-state index in [4.69, 9.17) is 4.74 Å². The number of hydrogen-bond donors (Lipinski definition) is 1. The average molecular weight is 177 g/mol. The van der Waals surface area contributed by atoms with Gasteiger partial charge < -0.3 is 10.1 Å². The molecular formula is C11H15NO. The molecule has 0 unspecified atom stereocenters. The molecule has 0 aromatic heterocycles. The van der Waals surface area contributed by atoms with E-state index >= 15 is 0 Å². The minimum atomic E-state index is 0.699. The summed E-state index contributed by atoms with van der Waals surface area (Å²) in [7, 11) is 0. The molecule has 13 heavy (non-hydrogen) atoms. The summed E-state index contributed by atoms with van der Waals surface area (Å²) < 4.78 is 5.36. The van der Waals surface area contributed by atoms with Crippen molar-refractivity contribution in [1.82, 2.24) is 0 Å². The number of nitrogens with one attached hydrogen (secondary N) is 1. The monoisotopic (exact) mass is 177 g/mol. The molecule has 0 saturated heterocycles. The Morgan fingerprint density at radius 2 is 2.38 bits per heavy atom. The number of benzene rings is 1. The van der Waals surface area contributed by atoms with E-state index in [0.29, 0.717) is 6.61 Å². The molecule has 0 radical (unpaired) electrons. The Balaban J connectivity index is 2.61. The highest BCUT2D eigenvalue weighted by Crippen LogP contribution is 2.16. The SMILES string of the molecule is C=CCNc1cccc(OCC)c1. The van der Waals surface area contributed by atoms with Crippen LogP contribution in [0.15, 0.2) is 36.9 Å². The first-order chi connectivity index (χ1) is 6.36.